The number of amides is 3. The number of carbonyl (C=O) groups is 2. The number of anilines is 3. The predicted octanol–water partition coefficient (Wildman–Crippen LogP) is 6.01. The first-order valence-corrected chi connectivity index (χ1v) is 10.1. The number of fused-ring (bicyclic) bond motifs is 2. The summed E-state index contributed by atoms with van der Waals surface area (Å²) in [6.07, 6.45) is 0. The summed E-state index contributed by atoms with van der Waals surface area (Å²) in [5.41, 5.74) is 3.49. The van der Waals surface area contributed by atoms with Gasteiger partial charge in [-0.25, -0.2) is 4.79 Å². The van der Waals surface area contributed by atoms with Gasteiger partial charge in [0.15, 0.2) is 5.75 Å². The second kappa shape index (κ2) is 7.80. The largest absolute Gasteiger partial charge is 0.454 e. The van der Waals surface area contributed by atoms with E-state index in [2.05, 4.69) is 31.4 Å². The van der Waals surface area contributed by atoms with Crippen molar-refractivity contribution in [3.05, 3.63) is 77.9 Å². The van der Waals surface area contributed by atoms with Gasteiger partial charge in [0.2, 0.25) is 0 Å². The maximum Gasteiger partial charge on any atom is 0.323 e. The van der Waals surface area contributed by atoms with Crippen molar-refractivity contribution in [3.8, 4) is 11.5 Å². The molecule has 0 atom stereocenters. The molecule has 0 aliphatic carbocycles. The second-order valence-electron chi connectivity index (χ2n) is 8.55. The minimum absolute atomic E-state index is 0.0457. The van der Waals surface area contributed by atoms with Crippen molar-refractivity contribution in [2.45, 2.75) is 26.2 Å². The van der Waals surface area contributed by atoms with Crippen LogP contribution in [0.15, 0.2) is 66.7 Å². The highest BCUT2D eigenvalue weighted by molar-refractivity contribution is 6.10. The van der Waals surface area contributed by atoms with E-state index in [1.54, 1.807) is 30.1 Å². The van der Waals surface area contributed by atoms with Crippen molar-refractivity contribution in [2.75, 3.05) is 22.6 Å². The summed E-state index contributed by atoms with van der Waals surface area (Å²) in [4.78, 5) is 27.0. The summed E-state index contributed by atoms with van der Waals surface area (Å²) >= 11 is 0. The lowest BCUT2D eigenvalue weighted by atomic mass is 9.87. The summed E-state index contributed by atoms with van der Waals surface area (Å²) in [7, 11) is 1.70. The van der Waals surface area contributed by atoms with Crippen LogP contribution in [0.4, 0.5) is 21.9 Å². The SMILES string of the molecule is CN1C(=O)c2cc(NC(=O)Nc3ccc(C(C)(C)C)cc3)ccc2Oc2ccccc21. The molecule has 6 heteroatoms. The van der Waals surface area contributed by atoms with Crippen LogP contribution in [0.25, 0.3) is 0 Å². The molecule has 31 heavy (non-hydrogen) atoms. The molecule has 0 saturated carbocycles. The maximum absolute atomic E-state index is 13.0. The van der Waals surface area contributed by atoms with Crippen LogP contribution in [0, 0.1) is 0 Å². The summed E-state index contributed by atoms with van der Waals surface area (Å²) in [6, 6.07) is 19.8. The van der Waals surface area contributed by atoms with Gasteiger partial charge in [0, 0.05) is 18.4 Å². The zero-order chi connectivity index (χ0) is 22.2. The molecule has 0 fully saturated rings. The molecule has 1 aliphatic heterocycles. The molecule has 0 spiro atoms. The monoisotopic (exact) mass is 415 g/mol. The highest BCUT2D eigenvalue weighted by Gasteiger charge is 2.26. The van der Waals surface area contributed by atoms with Crippen LogP contribution in [-0.2, 0) is 5.41 Å². The number of nitrogens with zero attached hydrogens (tertiary/aromatic N) is 1. The Morgan fingerprint density at radius 1 is 0.871 bits per heavy atom. The lowest BCUT2D eigenvalue weighted by Gasteiger charge is -2.19. The number of para-hydroxylation sites is 2. The molecule has 158 valence electrons. The van der Waals surface area contributed by atoms with E-state index in [0.717, 1.165) is 0 Å². The smallest absolute Gasteiger partial charge is 0.323 e. The Bertz CT molecular complexity index is 1150. The van der Waals surface area contributed by atoms with Crippen LogP contribution in [0.1, 0.15) is 36.7 Å². The zero-order valence-corrected chi connectivity index (χ0v) is 18.0. The van der Waals surface area contributed by atoms with E-state index in [0.29, 0.717) is 34.1 Å². The summed E-state index contributed by atoms with van der Waals surface area (Å²) in [5, 5.41) is 5.60. The maximum atomic E-state index is 13.0. The third-order valence-electron chi connectivity index (χ3n) is 5.23. The molecule has 2 N–H and O–H groups in total. The summed E-state index contributed by atoms with van der Waals surface area (Å²) in [6.45, 7) is 6.42. The van der Waals surface area contributed by atoms with Crippen molar-refractivity contribution in [1.29, 1.82) is 0 Å². The Balaban J connectivity index is 1.51. The van der Waals surface area contributed by atoms with Crippen molar-refractivity contribution >= 4 is 29.0 Å². The third kappa shape index (κ3) is 4.23. The van der Waals surface area contributed by atoms with E-state index in [4.69, 9.17) is 4.74 Å². The Morgan fingerprint density at radius 3 is 2.23 bits per heavy atom. The molecule has 1 aliphatic rings. The molecule has 3 aromatic carbocycles. The number of urea groups is 1. The van der Waals surface area contributed by atoms with E-state index in [9.17, 15) is 9.59 Å². The van der Waals surface area contributed by atoms with E-state index in [-0.39, 0.29) is 17.4 Å². The lowest BCUT2D eigenvalue weighted by molar-refractivity contribution is 0.0993. The van der Waals surface area contributed by atoms with Crippen molar-refractivity contribution in [3.63, 3.8) is 0 Å². The fourth-order valence-electron chi connectivity index (χ4n) is 3.44. The molecule has 0 unspecified atom stereocenters. The Labute approximate surface area is 181 Å². The third-order valence-corrected chi connectivity index (χ3v) is 5.23. The topological polar surface area (TPSA) is 70.7 Å². The van der Waals surface area contributed by atoms with Gasteiger partial charge < -0.3 is 20.3 Å². The van der Waals surface area contributed by atoms with Crippen LogP contribution in [0.5, 0.6) is 11.5 Å². The van der Waals surface area contributed by atoms with Crippen LogP contribution in [-0.4, -0.2) is 19.0 Å². The van der Waals surface area contributed by atoms with Crippen LogP contribution >= 0.6 is 0 Å². The summed E-state index contributed by atoms with van der Waals surface area (Å²) in [5.74, 6) is 0.849. The molecule has 0 radical (unpaired) electrons. The quantitative estimate of drug-likeness (QED) is 0.538. The highest BCUT2D eigenvalue weighted by Crippen LogP contribution is 2.38. The fraction of sp³-hybridized carbons (Fsp3) is 0.200. The molecule has 3 aromatic rings. The predicted molar refractivity (Wildman–Crippen MR) is 123 cm³/mol. The highest BCUT2D eigenvalue weighted by atomic mass is 16.5. The van der Waals surface area contributed by atoms with Gasteiger partial charge in [-0.3, -0.25) is 4.79 Å². The lowest BCUT2D eigenvalue weighted by Crippen LogP contribution is -2.25. The Morgan fingerprint density at radius 2 is 1.52 bits per heavy atom. The number of rotatable bonds is 2. The zero-order valence-electron chi connectivity index (χ0n) is 18.0. The first kappa shape index (κ1) is 20.5. The van der Waals surface area contributed by atoms with Gasteiger partial charge in [-0.2, -0.15) is 0 Å². The van der Waals surface area contributed by atoms with E-state index in [1.165, 1.54) is 5.56 Å². The van der Waals surface area contributed by atoms with Gasteiger partial charge in [0.05, 0.1) is 11.3 Å². The second-order valence-corrected chi connectivity index (χ2v) is 8.55. The average molecular weight is 415 g/mol. The van der Waals surface area contributed by atoms with Crippen molar-refractivity contribution < 1.29 is 14.3 Å². The van der Waals surface area contributed by atoms with Gasteiger partial charge in [-0.05, 0) is 53.4 Å². The molecule has 6 nitrogen and oxygen atoms in total. The minimum Gasteiger partial charge on any atom is -0.454 e. The Hall–Kier alpha value is -3.80. The van der Waals surface area contributed by atoms with Gasteiger partial charge in [0.1, 0.15) is 5.75 Å². The molecule has 4 rings (SSSR count). The van der Waals surface area contributed by atoms with Gasteiger partial charge in [0.25, 0.3) is 5.91 Å². The molecule has 1 heterocycles. The van der Waals surface area contributed by atoms with Crippen molar-refractivity contribution in [1.82, 2.24) is 0 Å². The normalized spacial score (nSPS) is 12.9. The number of hydrogen-bond donors (Lipinski definition) is 2. The molecule has 0 saturated heterocycles. The fourth-order valence-corrected chi connectivity index (χ4v) is 3.44. The average Bonchev–Trinajstić information content (AvgIpc) is 2.83. The standard InChI is InChI=1S/C25H25N3O3/c1-25(2,3)16-9-11-17(12-10-16)26-24(30)27-18-13-14-21-19(15-18)23(29)28(4)20-7-5-6-8-22(20)31-21/h5-15H,1-4H3,(H2,26,27,30). The molecule has 0 aromatic heterocycles. The minimum atomic E-state index is -0.387. The molecular weight excluding hydrogens is 390 g/mol. The number of nitrogens with one attached hydrogen (secondary N) is 2. The number of benzene rings is 3. The van der Waals surface area contributed by atoms with Crippen LogP contribution in [0.2, 0.25) is 0 Å². The number of hydrogen-bond acceptors (Lipinski definition) is 3. The first-order valence-electron chi connectivity index (χ1n) is 10.1. The summed E-state index contributed by atoms with van der Waals surface area (Å²) < 4.78 is 5.95. The van der Waals surface area contributed by atoms with E-state index < -0.39 is 0 Å². The van der Waals surface area contributed by atoms with Gasteiger partial charge in [-0.1, -0.05) is 45.0 Å². The molecule has 0 bridgehead atoms. The van der Waals surface area contributed by atoms with Gasteiger partial charge >= 0.3 is 6.03 Å². The first-order chi connectivity index (χ1) is 14.7. The number of ether oxygens (including phenoxy) is 1. The molecular formula is C25H25N3O3. The van der Waals surface area contributed by atoms with E-state index in [1.807, 2.05) is 48.5 Å². The van der Waals surface area contributed by atoms with Crippen molar-refractivity contribution in [2.24, 2.45) is 0 Å². The molecule has 3 amide bonds. The van der Waals surface area contributed by atoms with Crippen LogP contribution < -0.4 is 20.3 Å². The Kier molecular flexibility index (Phi) is 5.15. The van der Waals surface area contributed by atoms with E-state index >= 15 is 0 Å². The van der Waals surface area contributed by atoms with Crippen LogP contribution in [0.3, 0.4) is 0 Å². The number of carbonyl (C=O) groups excluding carboxylic acids is 2. The van der Waals surface area contributed by atoms with Gasteiger partial charge in [-0.15, -0.1) is 0 Å².